The predicted molar refractivity (Wildman–Crippen MR) is 63.9 cm³/mol. The van der Waals surface area contributed by atoms with Crippen molar-refractivity contribution in [3.05, 3.63) is 47.4 Å². The minimum atomic E-state index is -0.303. The Labute approximate surface area is 100 Å². The van der Waals surface area contributed by atoms with E-state index in [4.69, 9.17) is 0 Å². The van der Waals surface area contributed by atoms with E-state index in [9.17, 15) is 9.18 Å². The smallest absolute Gasteiger partial charge is 0.194 e. The van der Waals surface area contributed by atoms with Gasteiger partial charge in [0, 0.05) is 17.1 Å². The lowest BCUT2D eigenvalue weighted by Gasteiger charge is -1.97. The maximum absolute atomic E-state index is 12.8. The summed E-state index contributed by atoms with van der Waals surface area (Å²) in [6, 6.07) is 5.96. The zero-order chi connectivity index (χ0) is 11.8. The van der Waals surface area contributed by atoms with Crippen molar-refractivity contribution in [1.82, 2.24) is 9.38 Å². The second kappa shape index (κ2) is 3.78. The first-order valence-corrected chi connectivity index (χ1v) is 5.84. The van der Waals surface area contributed by atoms with Crippen molar-refractivity contribution in [1.29, 1.82) is 0 Å². The molecule has 2 heterocycles. The van der Waals surface area contributed by atoms with Gasteiger partial charge in [-0.3, -0.25) is 9.20 Å². The summed E-state index contributed by atoms with van der Waals surface area (Å²) in [5.41, 5.74) is 1.82. The average molecular weight is 246 g/mol. The first-order chi connectivity index (χ1) is 8.29. The molecule has 0 radical (unpaired) electrons. The molecule has 0 N–H and O–H groups in total. The molecule has 1 aromatic carbocycles. The molecule has 3 aromatic rings. The maximum Gasteiger partial charge on any atom is 0.194 e. The molecule has 3 rings (SSSR count). The van der Waals surface area contributed by atoms with Gasteiger partial charge in [-0.15, -0.1) is 11.3 Å². The van der Waals surface area contributed by atoms with Crippen LogP contribution >= 0.6 is 11.3 Å². The number of fused-ring (bicyclic) bond motifs is 1. The lowest BCUT2D eigenvalue weighted by Crippen LogP contribution is -1.90. The first kappa shape index (κ1) is 10.2. The van der Waals surface area contributed by atoms with Crippen molar-refractivity contribution >= 4 is 22.6 Å². The third-order valence-corrected chi connectivity index (χ3v) is 3.28. The highest BCUT2D eigenvalue weighted by atomic mass is 32.1. The molecular formula is C12H7FN2OS. The Morgan fingerprint density at radius 2 is 2.06 bits per heavy atom. The van der Waals surface area contributed by atoms with Crippen molar-refractivity contribution < 1.29 is 9.18 Å². The molecule has 0 saturated carbocycles. The second-order valence-corrected chi connectivity index (χ2v) is 4.40. The number of imidazole rings is 1. The van der Waals surface area contributed by atoms with Crippen molar-refractivity contribution in [2.45, 2.75) is 0 Å². The van der Waals surface area contributed by atoms with Gasteiger partial charge in [-0.2, -0.15) is 0 Å². The van der Waals surface area contributed by atoms with Crippen LogP contribution < -0.4 is 0 Å². The van der Waals surface area contributed by atoms with Gasteiger partial charge in [0.2, 0.25) is 0 Å². The van der Waals surface area contributed by atoms with E-state index in [-0.39, 0.29) is 5.82 Å². The van der Waals surface area contributed by atoms with Crippen LogP contribution in [0.15, 0.2) is 35.8 Å². The fraction of sp³-hybridized carbons (Fsp3) is 0. The van der Waals surface area contributed by atoms with E-state index in [1.807, 2.05) is 5.38 Å². The van der Waals surface area contributed by atoms with Gasteiger partial charge in [-0.1, -0.05) is 0 Å². The van der Waals surface area contributed by atoms with Gasteiger partial charge in [-0.05, 0) is 24.3 Å². The minimum absolute atomic E-state index is 0.303. The number of carbonyl (C=O) groups excluding carboxylic acids is 1. The fourth-order valence-corrected chi connectivity index (χ4v) is 2.46. The van der Waals surface area contributed by atoms with E-state index >= 15 is 0 Å². The van der Waals surface area contributed by atoms with Gasteiger partial charge in [0.05, 0.1) is 0 Å². The van der Waals surface area contributed by atoms with Crippen LogP contribution in [0.4, 0.5) is 4.39 Å². The van der Waals surface area contributed by atoms with Crippen LogP contribution in [-0.2, 0) is 0 Å². The van der Waals surface area contributed by atoms with E-state index < -0.39 is 0 Å². The normalized spacial score (nSPS) is 10.9. The van der Waals surface area contributed by atoms with Gasteiger partial charge in [0.1, 0.15) is 17.2 Å². The molecule has 0 saturated heterocycles. The van der Waals surface area contributed by atoms with Crippen LogP contribution in [0.1, 0.15) is 10.5 Å². The van der Waals surface area contributed by atoms with Gasteiger partial charge < -0.3 is 0 Å². The molecule has 0 aliphatic rings. The predicted octanol–water partition coefficient (Wildman–Crippen LogP) is 3.01. The second-order valence-electron chi connectivity index (χ2n) is 3.53. The number of aromatic nitrogens is 2. The van der Waals surface area contributed by atoms with Crippen LogP contribution in [0.25, 0.3) is 16.2 Å². The van der Waals surface area contributed by atoms with Crippen LogP contribution in [0, 0.1) is 5.82 Å². The molecule has 0 aliphatic carbocycles. The Morgan fingerprint density at radius 3 is 2.76 bits per heavy atom. The molecular weight excluding hydrogens is 239 g/mol. The van der Waals surface area contributed by atoms with Crippen molar-refractivity contribution in [2.24, 2.45) is 0 Å². The van der Waals surface area contributed by atoms with E-state index in [0.717, 1.165) is 16.8 Å². The number of hydrogen-bond donors (Lipinski definition) is 0. The molecule has 0 spiro atoms. The van der Waals surface area contributed by atoms with Crippen LogP contribution in [-0.4, -0.2) is 15.7 Å². The zero-order valence-electron chi connectivity index (χ0n) is 8.63. The zero-order valence-corrected chi connectivity index (χ0v) is 9.45. The maximum atomic E-state index is 12.8. The highest BCUT2D eigenvalue weighted by molar-refractivity contribution is 7.15. The van der Waals surface area contributed by atoms with E-state index in [1.165, 1.54) is 23.5 Å². The topological polar surface area (TPSA) is 34.4 Å². The number of nitrogens with zero attached hydrogens (tertiary/aromatic N) is 2. The van der Waals surface area contributed by atoms with Crippen LogP contribution in [0.5, 0.6) is 0 Å². The molecule has 5 heteroatoms. The summed E-state index contributed by atoms with van der Waals surface area (Å²) in [7, 11) is 0. The summed E-state index contributed by atoms with van der Waals surface area (Å²) in [6.07, 6.45) is 2.56. The van der Waals surface area contributed by atoms with E-state index in [0.29, 0.717) is 11.4 Å². The number of benzene rings is 1. The summed E-state index contributed by atoms with van der Waals surface area (Å²) in [5.74, 6) is -0.303. The molecule has 0 aliphatic heterocycles. The number of hydrogen-bond acceptors (Lipinski definition) is 3. The SMILES string of the molecule is O=Cc1c(-c2ccc(F)cc2)nc2sccn12. The molecule has 0 bridgehead atoms. The van der Waals surface area contributed by atoms with E-state index in [2.05, 4.69) is 4.98 Å². The van der Waals surface area contributed by atoms with Gasteiger partial charge in [-0.25, -0.2) is 9.37 Å². The third kappa shape index (κ3) is 1.55. The van der Waals surface area contributed by atoms with Crippen molar-refractivity contribution in [3.63, 3.8) is 0 Å². The first-order valence-electron chi connectivity index (χ1n) is 4.96. The average Bonchev–Trinajstić information content (AvgIpc) is 2.89. The molecule has 0 unspecified atom stereocenters. The molecule has 0 fully saturated rings. The lowest BCUT2D eigenvalue weighted by molar-refractivity contribution is 0.111. The highest BCUT2D eigenvalue weighted by Crippen LogP contribution is 2.25. The Hall–Kier alpha value is -2.01. The summed E-state index contributed by atoms with van der Waals surface area (Å²) in [6.45, 7) is 0. The van der Waals surface area contributed by atoms with Crippen LogP contribution in [0.2, 0.25) is 0 Å². The number of rotatable bonds is 2. The van der Waals surface area contributed by atoms with Gasteiger partial charge >= 0.3 is 0 Å². The highest BCUT2D eigenvalue weighted by Gasteiger charge is 2.13. The summed E-state index contributed by atoms with van der Waals surface area (Å²) in [4.78, 5) is 16.2. The van der Waals surface area contributed by atoms with Gasteiger partial charge in [0.15, 0.2) is 11.2 Å². The monoisotopic (exact) mass is 246 g/mol. The Kier molecular flexibility index (Phi) is 2.26. The van der Waals surface area contributed by atoms with Crippen molar-refractivity contribution in [3.8, 4) is 11.3 Å². The molecule has 17 heavy (non-hydrogen) atoms. The molecule has 3 nitrogen and oxygen atoms in total. The van der Waals surface area contributed by atoms with Crippen LogP contribution in [0.3, 0.4) is 0 Å². The number of aldehydes is 1. The Balaban J connectivity index is 2.25. The number of carbonyl (C=O) groups is 1. The summed E-state index contributed by atoms with van der Waals surface area (Å²) in [5, 5.41) is 1.86. The summed E-state index contributed by atoms with van der Waals surface area (Å²) >= 11 is 1.45. The fourth-order valence-electron chi connectivity index (χ4n) is 1.74. The number of thiazole rings is 1. The molecule has 0 amide bonds. The molecule has 0 atom stereocenters. The van der Waals surface area contributed by atoms with Gasteiger partial charge in [0.25, 0.3) is 0 Å². The lowest BCUT2D eigenvalue weighted by atomic mass is 10.1. The summed E-state index contributed by atoms with van der Waals surface area (Å²) < 4.78 is 14.6. The van der Waals surface area contributed by atoms with Crippen molar-refractivity contribution in [2.75, 3.05) is 0 Å². The standard InChI is InChI=1S/C12H7FN2OS/c13-9-3-1-8(2-4-9)11-10(7-16)15-5-6-17-12(15)14-11/h1-7H. The molecule has 2 aromatic heterocycles. The Bertz CT molecular complexity index is 684. The minimum Gasteiger partial charge on any atom is -0.296 e. The molecule has 84 valence electrons. The number of halogens is 1. The Morgan fingerprint density at radius 1 is 1.29 bits per heavy atom. The largest absolute Gasteiger partial charge is 0.296 e. The van der Waals surface area contributed by atoms with E-state index in [1.54, 1.807) is 22.7 Å². The third-order valence-electron chi connectivity index (χ3n) is 2.53. The quantitative estimate of drug-likeness (QED) is 0.651.